The highest BCUT2D eigenvalue weighted by atomic mass is 19.3. The molecule has 4 atom stereocenters. The molecule has 2 saturated heterocycles. The van der Waals surface area contributed by atoms with Crippen molar-refractivity contribution < 1.29 is 33.6 Å². The van der Waals surface area contributed by atoms with Gasteiger partial charge in [0.25, 0.3) is 0 Å². The van der Waals surface area contributed by atoms with Gasteiger partial charge in [0.2, 0.25) is 6.23 Å². The van der Waals surface area contributed by atoms with E-state index in [2.05, 4.69) is 4.74 Å². The molecule has 0 saturated carbocycles. The Morgan fingerprint density at radius 3 is 2.53 bits per heavy atom. The maximum atomic E-state index is 13.5. The maximum Gasteiger partial charge on any atom is 0.322 e. The number of carbonyl (C=O) groups excluding carboxylic acids is 1. The Bertz CT molecular complexity index is 329. The van der Waals surface area contributed by atoms with E-state index < -0.39 is 36.8 Å². The van der Waals surface area contributed by atoms with E-state index >= 15 is 0 Å². The fraction of sp³-hybridized carbons (Fsp3) is 0.875. The van der Waals surface area contributed by atoms with Crippen LogP contribution in [-0.4, -0.2) is 63.6 Å². The highest BCUT2D eigenvalue weighted by molar-refractivity contribution is 5.75. The molecule has 0 aromatic rings. The van der Waals surface area contributed by atoms with Gasteiger partial charge in [0, 0.05) is 13.0 Å². The molecule has 2 heterocycles. The van der Waals surface area contributed by atoms with E-state index in [1.807, 2.05) is 5.32 Å². The second-order valence-electron chi connectivity index (χ2n) is 3.95. The van der Waals surface area contributed by atoms with Crippen LogP contribution in [0.15, 0.2) is 0 Å². The Morgan fingerprint density at radius 1 is 1.41 bits per heavy atom. The largest absolute Gasteiger partial charge is 0.382 e. The first-order valence-corrected chi connectivity index (χ1v) is 4.98. The van der Waals surface area contributed by atoms with Crippen molar-refractivity contribution in [2.24, 2.45) is 0 Å². The molecular formula is C8H12F2N2O5. The van der Waals surface area contributed by atoms with E-state index in [1.54, 1.807) is 0 Å². The standard InChI is InChI=1S/C8H12F2N2O5/c9-8(10)4(14)5(15)17-6(8)12-2-1-3(13)11-7(12)16/h3-6,13-15H,1-2H2,(H,11,16)/t3-,4-,5+,6-/m1/s1. The van der Waals surface area contributed by atoms with E-state index in [0.717, 1.165) is 0 Å². The van der Waals surface area contributed by atoms with Crippen LogP contribution in [0.3, 0.4) is 0 Å². The van der Waals surface area contributed by atoms with E-state index in [4.69, 9.17) is 15.3 Å². The zero-order valence-electron chi connectivity index (χ0n) is 8.58. The molecule has 7 nitrogen and oxygen atoms in total. The number of nitrogens with zero attached hydrogens (tertiary/aromatic N) is 1. The predicted octanol–water partition coefficient (Wildman–Crippen LogP) is -1.61. The van der Waals surface area contributed by atoms with Gasteiger partial charge < -0.3 is 25.4 Å². The summed E-state index contributed by atoms with van der Waals surface area (Å²) in [6, 6.07) is -0.935. The summed E-state index contributed by atoms with van der Waals surface area (Å²) < 4.78 is 31.5. The molecule has 0 radical (unpaired) electrons. The van der Waals surface area contributed by atoms with Crippen molar-refractivity contribution >= 4 is 6.03 Å². The molecule has 0 unspecified atom stereocenters. The van der Waals surface area contributed by atoms with Gasteiger partial charge in [0.15, 0.2) is 12.4 Å². The van der Waals surface area contributed by atoms with Gasteiger partial charge in [-0.2, -0.15) is 8.78 Å². The van der Waals surface area contributed by atoms with Crippen LogP contribution in [0, 0.1) is 0 Å². The van der Waals surface area contributed by atoms with Crippen LogP contribution in [0.1, 0.15) is 6.42 Å². The van der Waals surface area contributed by atoms with Crippen molar-refractivity contribution in [3.8, 4) is 0 Å². The van der Waals surface area contributed by atoms with Crippen LogP contribution in [0.4, 0.5) is 13.6 Å². The molecule has 2 aliphatic heterocycles. The van der Waals surface area contributed by atoms with Crippen LogP contribution in [0.5, 0.6) is 0 Å². The van der Waals surface area contributed by atoms with Crippen LogP contribution in [-0.2, 0) is 4.74 Å². The summed E-state index contributed by atoms with van der Waals surface area (Å²) in [7, 11) is 0. The lowest BCUT2D eigenvalue weighted by molar-refractivity contribution is -0.169. The number of alkyl halides is 2. The highest BCUT2D eigenvalue weighted by Crippen LogP contribution is 2.37. The van der Waals surface area contributed by atoms with Crippen molar-refractivity contribution in [1.82, 2.24) is 10.2 Å². The van der Waals surface area contributed by atoms with Gasteiger partial charge in [-0.25, -0.2) is 4.79 Å². The zero-order valence-corrected chi connectivity index (χ0v) is 8.58. The summed E-state index contributed by atoms with van der Waals surface area (Å²) in [5.41, 5.74) is 0. The quantitative estimate of drug-likeness (QED) is 0.451. The Labute approximate surface area is 94.6 Å². The first-order chi connectivity index (χ1) is 7.84. The molecule has 0 aromatic carbocycles. The summed E-state index contributed by atoms with van der Waals surface area (Å²) in [4.78, 5) is 12.0. The molecule has 9 heteroatoms. The van der Waals surface area contributed by atoms with Crippen molar-refractivity contribution in [3.05, 3.63) is 0 Å². The van der Waals surface area contributed by atoms with Crippen molar-refractivity contribution in [1.29, 1.82) is 0 Å². The van der Waals surface area contributed by atoms with Gasteiger partial charge in [-0.05, 0) is 0 Å². The van der Waals surface area contributed by atoms with Crippen LogP contribution < -0.4 is 5.32 Å². The molecule has 0 spiro atoms. The normalized spacial score (nSPS) is 41.5. The van der Waals surface area contributed by atoms with Gasteiger partial charge in [-0.1, -0.05) is 0 Å². The number of halogens is 2. The van der Waals surface area contributed by atoms with E-state index in [0.29, 0.717) is 4.90 Å². The van der Waals surface area contributed by atoms with Gasteiger partial charge in [0.05, 0.1) is 0 Å². The molecule has 2 aliphatic rings. The number of ether oxygens (including phenoxy) is 1. The first kappa shape index (κ1) is 12.4. The summed E-state index contributed by atoms with van der Waals surface area (Å²) in [6.45, 7) is -0.160. The van der Waals surface area contributed by atoms with E-state index in [9.17, 15) is 13.6 Å². The Hall–Kier alpha value is -1.03. The number of hydrogen-bond acceptors (Lipinski definition) is 5. The topological polar surface area (TPSA) is 102 Å². The highest BCUT2D eigenvalue weighted by Gasteiger charge is 2.61. The average molecular weight is 254 g/mol. The van der Waals surface area contributed by atoms with Crippen LogP contribution in [0.25, 0.3) is 0 Å². The minimum atomic E-state index is -3.76. The SMILES string of the molecule is O=C1N[C@H](O)CCN1[C@@H]1O[C@H](O)[C@@H](O)C1(F)F. The smallest absolute Gasteiger partial charge is 0.322 e. The van der Waals surface area contributed by atoms with Gasteiger partial charge in [0.1, 0.15) is 6.23 Å². The Kier molecular flexibility index (Phi) is 2.94. The second-order valence-corrected chi connectivity index (χ2v) is 3.95. The third kappa shape index (κ3) is 1.95. The third-order valence-corrected chi connectivity index (χ3v) is 2.74. The molecule has 2 rings (SSSR count). The monoisotopic (exact) mass is 254 g/mol. The number of urea groups is 1. The van der Waals surface area contributed by atoms with Gasteiger partial charge >= 0.3 is 12.0 Å². The predicted molar refractivity (Wildman–Crippen MR) is 47.7 cm³/mol. The van der Waals surface area contributed by atoms with Crippen LogP contribution in [0.2, 0.25) is 0 Å². The summed E-state index contributed by atoms with van der Waals surface area (Å²) in [6.07, 6.45) is -7.51. The number of amides is 2. The molecule has 98 valence electrons. The fourth-order valence-electron chi connectivity index (χ4n) is 1.80. The third-order valence-electron chi connectivity index (χ3n) is 2.74. The second kappa shape index (κ2) is 4.02. The average Bonchev–Trinajstić information content (AvgIpc) is 2.43. The van der Waals surface area contributed by atoms with Gasteiger partial charge in [-0.15, -0.1) is 0 Å². The molecule has 4 N–H and O–H groups in total. The van der Waals surface area contributed by atoms with E-state index in [-0.39, 0.29) is 13.0 Å². The first-order valence-electron chi connectivity index (χ1n) is 4.98. The van der Waals surface area contributed by atoms with Crippen molar-refractivity contribution in [3.63, 3.8) is 0 Å². The molecule has 2 amide bonds. The number of aliphatic hydroxyl groups is 3. The van der Waals surface area contributed by atoms with Crippen LogP contribution >= 0.6 is 0 Å². The number of rotatable bonds is 1. The number of nitrogens with one attached hydrogen (secondary N) is 1. The summed E-state index contributed by atoms with van der Waals surface area (Å²) in [5, 5.41) is 29.2. The number of hydrogen-bond donors (Lipinski definition) is 4. The van der Waals surface area contributed by atoms with Crippen molar-refractivity contribution in [2.75, 3.05) is 6.54 Å². The molecule has 0 bridgehead atoms. The molecular weight excluding hydrogens is 242 g/mol. The summed E-state index contributed by atoms with van der Waals surface area (Å²) in [5.74, 6) is -3.76. The fourth-order valence-corrected chi connectivity index (χ4v) is 1.80. The molecule has 2 fully saturated rings. The lowest BCUT2D eigenvalue weighted by Gasteiger charge is -2.36. The maximum absolute atomic E-state index is 13.5. The number of carbonyl (C=O) groups is 1. The Morgan fingerprint density at radius 2 is 2.06 bits per heavy atom. The lowest BCUT2D eigenvalue weighted by atomic mass is 10.1. The minimum absolute atomic E-state index is 0.0495. The number of aliphatic hydroxyl groups excluding tert-OH is 3. The molecule has 0 aliphatic carbocycles. The van der Waals surface area contributed by atoms with Crippen molar-refractivity contribution in [2.45, 2.75) is 37.2 Å². The Balaban J connectivity index is 2.15. The zero-order chi connectivity index (χ0) is 12.8. The molecule has 0 aromatic heterocycles. The molecule has 17 heavy (non-hydrogen) atoms. The van der Waals surface area contributed by atoms with E-state index in [1.165, 1.54) is 0 Å². The lowest BCUT2D eigenvalue weighted by Crippen LogP contribution is -2.59. The minimum Gasteiger partial charge on any atom is -0.382 e. The summed E-state index contributed by atoms with van der Waals surface area (Å²) >= 11 is 0. The van der Waals surface area contributed by atoms with Gasteiger partial charge in [-0.3, -0.25) is 4.90 Å².